The molecule has 2 atom stereocenters. The first-order valence-electron chi connectivity index (χ1n) is 5.60. The topological polar surface area (TPSA) is 38.9 Å². The number of hydrogen-bond donors (Lipinski definition) is 1. The van der Waals surface area contributed by atoms with Crippen molar-refractivity contribution >= 4 is 0 Å². The summed E-state index contributed by atoms with van der Waals surface area (Å²) in [7, 11) is 0. The van der Waals surface area contributed by atoms with Crippen LogP contribution in [-0.4, -0.2) is 4.98 Å². The summed E-state index contributed by atoms with van der Waals surface area (Å²) in [6.07, 6.45) is 2.77. The molecule has 2 N–H and O–H groups in total. The third-order valence-electron chi connectivity index (χ3n) is 3.03. The Hall–Kier alpha value is -1.74. The van der Waals surface area contributed by atoms with Crippen molar-refractivity contribution < 1.29 is 4.39 Å². The van der Waals surface area contributed by atoms with Gasteiger partial charge in [0, 0.05) is 23.7 Å². The molecule has 2 rings (SSSR count). The Bertz CT molecular complexity index is 485. The Labute approximate surface area is 100 Å². The van der Waals surface area contributed by atoms with E-state index >= 15 is 0 Å². The summed E-state index contributed by atoms with van der Waals surface area (Å²) in [5.41, 5.74) is 7.72. The fraction of sp³-hybridized carbons (Fsp3) is 0.214. The number of aromatic nitrogens is 1. The third kappa shape index (κ3) is 2.50. The molecule has 0 saturated heterocycles. The Morgan fingerprint density at radius 1 is 1.18 bits per heavy atom. The van der Waals surface area contributed by atoms with Crippen LogP contribution in [-0.2, 0) is 0 Å². The first-order chi connectivity index (χ1) is 8.20. The summed E-state index contributed by atoms with van der Waals surface area (Å²) in [5.74, 6) is -0.282. The van der Waals surface area contributed by atoms with E-state index in [0.29, 0.717) is 5.56 Å². The van der Waals surface area contributed by atoms with Gasteiger partial charge < -0.3 is 5.73 Å². The first kappa shape index (κ1) is 11.7. The average molecular weight is 230 g/mol. The zero-order chi connectivity index (χ0) is 12.3. The molecule has 1 aromatic carbocycles. The van der Waals surface area contributed by atoms with Crippen LogP contribution in [0.3, 0.4) is 0 Å². The zero-order valence-corrected chi connectivity index (χ0v) is 9.68. The lowest BCUT2D eigenvalue weighted by molar-refractivity contribution is 0.536. The van der Waals surface area contributed by atoms with Crippen molar-refractivity contribution in [2.24, 2.45) is 5.73 Å². The second kappa shape index (κ2) is 5.06. The van der Waals surface area contributed by atoms with Gasteiger partial charge in [-0.25, -0.2) is 4.39 Å². The molecule has 0 fully saturated rings. The van der Waals surface area contributed by atoms with E-state index in [0.717, 1.165) is 5.56 Å². The second-order valence-corrected chi connectivity index (χ2v) is 4.12. The zero-order valence-electron chi connectivity index (χ0n) is 9.68. The summed E-state index contributed by atoms with van der Waals surface area (Å²) < 4.78 is 13.6. The predicted octanol–water partition coefficient (Wildman–Crippen LogP) is 3.02. The molecule has 0 saturated carbocycles. The van der Waals surface area contributed by atoms with Gasteiger partial charge in [-0.15, -0.1) is 0 Å². The van der Waals surface area contributed by atoms with Crippen molar-refractivity contribution in [3.63, 3.8) is 0 Å². The largest absolute Gasteiger partial charge is 0.323 e. The van der Waals surface area contributed by atoms with Crippen LogP contribution < -0.4 is 5.73 Å². The van der Waals surface area contributed by atoms with Crippen molar-refractivity contribution in [1.82, 2.24) is 4.98 Å². The highest BCUT2D eigenvalue weighted by atomic mass is 19.1. The van der Waals surface area contributed by atoms with Gasteiger partial charge in [-0.05, 0) is 11.6 Å². The molecule has 0 spiro atoms. The fourth-order valence-corrected chi connectivity index (χ4v) is 1.89. The molecule has 2 aromatic rings. The van der Waals surface area contributed by atoms with Crippen LogP contribution in [0.5, 0.6) is 0 Å². The van der Waals surface area contributed by atoms with Gasteiger partial charge in [0.2, 0.25) is 0 Å². The number of benzene rings is 1. The molecular weight excluding hydrogens is 215 g/mol. The van der Waals surface area contributed by atoms with Crippen LogP contribution in [0.1, 0.15) is 30.0 Å². The predicted molar refractivity (Wildman–Crippen MR) is 66.0 cm³/mol. The van der Waals surface area contributed by atoms with Gasteiger partial charge in [-0.2, -0.15) is 0 Å². The number of pyridine rings is 1. The minimum absolute atomic E-state index is 0.0631. The molecule has 0 bridgehead atoms. The van der Waals surface area contributed by atoms with E-state index in [4.69, 9.17) is 5.73 Å². The summed E-state index contributed by atoms with van der Waals surface area (Å²) in [4.78, 5) is 3.73. The van der Waals surface area contributed by atoms with Gasteiger partial charge >= 0.3 is 0 Å². The fourth-order valence-electron chi connectivity index (χ4n) is 1.89. The van der Waals surface area contributed by atoms with E-state index in [-0.39, 0.29) is 17.8 Å². The second-order valence-electron chi connectivity index (χ2n) is 4.12. The summed E-state index contributed by atoms with van der Waals surface area (Å²) in [6, 6.07) is 11.2. The van der Waals surface area contributed by atoms with Gasteiger partial charge in [0.05, 0.1) is 6.20 Å². The maximum Gasteiger partial charge on any atom is 0.146 e. The Morgan fingerprint density at radius 3 is 2.53 bits per heavy atom. The summed E-state index contributed by atoms with van der Waals surface area (Å²) in [6.45, 7) is 2.00. The summed E-state index contributed by atoms with van der Waals surface area (Å²) in [5, 5.41) is 0. The Morgan fingerprint density at radius 2 is 1.88 bits per heavy atom. The molecule has 2 unspecified atom stereocenters. The monoisotopic (exact) mass is 230 g/mol. The van der Waals surface area contributed by atoms with Crippen LogP contribution in [0.4, 0.5) is 4.39 Å². The van der Waals surface area contributed by atoms with E-state index in [9.17, 15) is 4.39 Å². The first-order valence-corrected chi connectivity index (χ1v) is 5.60. The smallest absolute Gasteiger partial charge is 0.146 e. The average Bonchev–Trinajstić information content (AvgIpc) is 2.39. The van der Waals surface area contributed by atoms with Gasteiger partial charge in [-0.1, -0.05) is 37.3 Å². The lowest BCUT2D eigenvalue weighted by Gasteiger charge is -2.20. The molecule has 3 heteroatoms. The Balaban J connectivity index is 2.27. The van der Waals surface area contributed by atoms with E-state index in [1.54, 1.807) is 12.3 Å². The number of nitrogens with zero attached hydrogens (tertiary/aromatic N) is 1. The SMILES string of the molecule is CC(c1ccccc1)C(N)c1ccncc1F. The van der Waals surface area contributed by atoms with Gasteiger partial charge in [0.25, 0.3) is 0 Å². The quantitative estimate of drug-likeness (QED) is 0.880. The van der Waals surface area contributed by atoms with Crippen LogP contribution in [0.25, 0.3) is 0 Å². The summed E-state index contributed by atoms with van der Waals surface area (Å²) >= 11 is 0. The molecule has 88 valence electrons. The van der Waals surface area contributed by atoms with Crippen LogP contribution in [0.15, 0.2) is 48.8 Å². The highest BCUT2D eigenvalue weighted by Crippen LogP contribution is 2.29. The molecule has 0 radical (unpaired) electrons. The molecule has 17 heavy (non-hydrogen) atoms. The van der Waals surface area contributed by atoms with E-state index in [2.05, 4.69) is 4.98 Å². The molecule has 0 amide bonds. The standard InChI is InChI=1S/C14H15FN2/c1-10(11-5-3-2-4-6-11)14(16)12-7-8-17-9-13(12)15/h2-10,14H,16H2,1H3. The number of rotatable bonds is 3. The lowest BCUT2D eigenvalue weighted by atomic mass is 9.89. The van der Waals surface area contributed by atoms with Crippen LogP contribution >= 0.6 is 0 Å². The van der Waals surface area contributed by atoms with Crippen molar-refractivity contribution in [3.05, 3.63) is 65.7 Å². The van der Waals surface area contributed by atoms with E-state index in [1.165, 1.54) is 6.20 Å². The highest BCUT2D eigenvalue weighted by Gasteiger charge is 2.19. The van der Waals surface area contributed by atoms with Crippen LogP contribution in [0.2, 0.25) is 0 Å². The number of hydrogen-bond acceptors (Lipinski definition) is 2. The third-order valence-corrected chi connectivity index (χ3v) is 3.03. The molecule has 1 heterocycles. The van der Waals surface area contributed by atoms with Crippen LogP contribution in [0, 0.1) is 5.82 Å². The molecule has 2 nitrogen and oxygen atoms in total. The lowest BCUT2D eigenvalue weighted by Crippen LogP contribution is -2.19. The molecule has 1 aromatic heterocycles. The number of halogens is 1. The van der Waals surface area contributed by atoms with Crippen molar-refractivity contribution in [3.8, 4) is 0 Å². The maximum atomic E-state index is 13.6. The molecular formula is C14H15FN2. The molecule has 0 aliphatic carbocycles. The normalized spacial score (nSPS) is 14.3. The van der Waals surface area contributed by atoms with E-state index in [1.807, 2.05) is 37.3 Å². The van der Waals surface area contributed by atoms with Crippen molar-refractivity contribution in [2.45, 2.75) is 18.9 Å². The maximum absolute atomic E-state index is 13.6. The Kier molecular flexibility index (Phi) is 3.49. The number of nitrogens with two attached hydrogens (primary N) is 1. The minimum atomic E-state index is -0.361. The van der Waals surface area contributed by atoms with Gasteiger partial charge in [0.1, 0.15) is 5.82 Å². The minimum Gasteiger partial charge on any atom is -0.323 e. The van der Waals surface area contributed by atoms with Gasteiger partial charge in [-0.3, -0.25) is 4.98 Å². The van der Waals surface area contributed by atoms with Crippen molar-refractivity contribution in [1.29, 1.82) is 0 Å². The van der Waals surface area contributed by atoms with Crippen molar-refractivity contribution in [2.75, 3.05) is 0 Å². The molecule has 0 aliphatic heterocycles. The highest BCUT2D eigenvalue weighted by molar-refractivity contribution is 5.26. The van der Waals surface area contributed by atoms with E-state index < -0.39 is 0 Å². The van der Waals surface area contributed by atoms with Gasteiger partial charge in [0.15, 0.2) is 0 Å². The molecule has 0 aliphatic rings.